The normalized spacial score (nSPS) is 18.8. The van der Waals surface area contributed by atoms with E-state index in [0.29, 0.717) is 19.4 Å². The maximum atomic E-state index is 12.7. The molecule has 1 aromatic heterocycles. The van der Waals surface area contributed by atoms with E-state index in [0.717, 1.165) is 50.9 Å². The lowest BCUT2D eigenvalue weighted by Crippen LogP contribution is -2.52. The zero-order valence-electron chi connectivity index (χ0n) is 16.9. The van der Waals surface area contributed by atoms with Crippen molar-refractivity contribution < 1.29 is 9.59 Å². The van der Waals surface area contributed by atoms with Crippen molar-refractivity contribution in [3.63, 3.8) is 0 Å². The highest BCUT2D eigenvalue weighted by Crippen LogP contribution is 2.40. The number of aryl methyl sites for hydroxylation is 1. The second-order valence-electron chi connectivity index (χ2n) is 8.47. The van der Waals surface area contributed by atoms with E-state index >= 15 is 0 Å². The average molecular weight is 392 g/mol. The molecule has 0 aliphatic carbocycles. The number of carbonyl (C=O) groups excluding carboxylic acids is 2. The zero-order valence-corrected chi connectivity index (χ0v) is 16.9. The van der Waals surface area contributed by atoms with Gasteiger partial charge in [0.05, 0.1) is 0 Å². The highest BCUT2D eigenvalue weighted by molar-refractivity contribution is 5.78. The van der Waals surface area contributed by atoms with Gasteiger partial charge in [-0.15, -0.1) is 0 Å². The summed E-state index contributed by atoms with van der Waals surface area (Å²) in [7, 11) is 0. The van der Waals surface area contributed by atoms with Gasteiger partial charge >= 0.3 is 0 Å². The predicted octanol–water partition coefficient (Wildman–Crippen LogP) is 3.45. The van der Waals surface area contributed by atoms with E-state index < -0.39 is 0 Å². The average Bonchev–Trinajstić information content (AvgIpc) is 2.77. The smallest absolute Gasteiger partial charge is 0.222 e. The highest BCUT2D eigenvalue weighted by Gasteiger charge is 2.41. The maximum absolute atomic E-state index is 12.7. The van der Waals surface area contributed by atoms with Gasteiger partial charge in [-0.1, -0.05) is 30.3 Å². The van der Waals surface area contributed by atoms with E-state index in [1.54, 1.807) is 12.4 Å². The molecule has 2 fully saturated rings. The Kier molecular flexibility index (Phi) is 5.93. The first-order valence-electron chi connectivity index (χ1n) is 10.6. The van der Waals surface area contributed by atoms with Crippen molar-refractivity contribution in [1.29, 1.82) is 0 Å². The summed E-state index contributed by atoms with van der Waals surface area (Å²) >= 11 is 0. The van der Waals surface area contributed by atoms with Crippen LogP contribution in [-0.2, 0) is 22.6 Å². The zero-order chi connectivity index (χ0) is 20.1. The highest BCUT2D eigenvalue weighted by atomic mass is 16.2. The molecular weight excluding hydrogens is 362 g/mol. The first-order valence-corrected chi connectivity index (χ1v) is 10.6. The van der Waals surface area contributed by atoms with Crippen LogP contribution in [0, 0.1) is 5.41 Å². The Morgan fingerprint density at radius 3 is 2.41 bits per heavy atom. The van der Waals surface area contributed by atoms with E-state index in [9.17, 15) is 9.59 Å². The summed E-state index contributed by atoms with van der Waals surface area (Å²) in [6, 6.07) is 14.1. The number of aromatic nitrogens is 1. The molecule has 2 amide bonds. The molecule has 5 heteroatoms. The Morgan fingerprint density at radius 2 is 1.69 bits per heavy atom. The summed E-state index contributed by atoms with van der Waals surface area (Å²) in [6.45, 7) is 3.08. The number of hydrogen-bond acceptors (Lipinski definition) is 3. The summed E-state index contributed by atoms with van der Waals surface area (Å²) in [5.74, 6) is 0.498. The Balaban J connectivity index is 1.30. The molecule has 1 spiro atoms. The summed E-state index contributed by atoms with van der Waals surface area (Å²) in [5.41, 5.74) is 2.50. The van der Waals surface area contributed by atoms with Crippen LogP contribution in [0.3, 0.4) is 0 Å². The number of rotatable bonds is 5. The molecule has 2 saturated heterocycles. The van der Waals surface area contributed by atoms with Crippen molar-refractivity contribution in [3.05, 3.63) is 66.0 Å². The molecule has 29 heavy (non-hydrogen) atoms. The van der Waals surface area contributed by atoms with Crippen molar-refractivity contribution in [2.75, 3.05) is 19.6 Å². The molecule has 1 aromatic carbocycles. The van der Waals surface area contributed by atoms with Crippen LogP contribution in [0.4, 0.5) is 0 Å². The third-order valence-corrected chi connectivity index (χ3v) is 6.52. The van der Waals surface area contributed by atoms with Crippen molar-refractivity contribution in [2.24, 2.45) is 5.41 Å². The van der Waals surface area contributed by atoms with E-state index in [1.165, 1.54) is 5.56 Å². The van der Waals surface area contributed by atoms with Gasteiger partial charge in [0, 0.05) is 51.4 Å². The number of piperidine rings is 2. The number of benzene rings is 1. The van der Waals surface area contributed by atoms with Crippen LogP contribution in [0.15, 0.2) is 54.9 Å². The molecule has 2 aromatic rings. The van der Waals surface area contributed by atoms with Gasteiger partial charge in [0.15, 0.2) is 0 Å². The molecule has 0 atom stereocenters. The molecule has 4 rings (SSSR count). The third kappa shape index (κ3) is 4.84. The minimum Gasteiger partial charge on any atom is -0.343 e. The van der Waals surface area contributed by atoms with E-state index in [-0.39, 0.29) is 17.2 Å². The Morgan fingerprint density at radius 1 is 0.966 bits per heavy atom. The number of pyridine rings is 1. The molecule has 3 heterocycles. The third-order valence-electron chi connectivity index (χ3n) is 6.52. The molecule has 0 unspecified atom stereocenters. The quantitative estimate of drug-likeness (QED) is 0.784. The number of nitrogens with zero attached hydrogens (tertiary/aromatic N) is 3. The number of likely N-dealkylation sites (tertiary alicyclic amines) is 2. The van der Waals surface area contributed by atoms with E-state index in [4.69, 9.17) is 0 Å². The second kappa shape index (κ2) is 8.76. The lowest BCUT2D eigenvalue weighted by atomic mass is 9.72. The molecule has 0 radical (unpaired) electrons. The summed E-state index contributed by atoms with van der Waals surface area (Å²) in [5, 5.41) is 0. The van der Waals surface area contributed by atoms with Gasteiger partial charge < -0.3 is 9.80 Å². The lowest BCUT2D eigenvalue weighted by Gasteiger charge is -2.47. The Hall–Kier alpha value is -2.69. The molecule has 2 aliphatic heterocycles. The fraction of sp³-hybridized carbons (Fsp3) is 0.458. The van der Waals surface area contributed by atoms with Gasteiger partial charge in [-0.3, -0.25) is 14.6 Å². The van der Waals surface area contributed by atoms with Crippen LogP contribution in [0.5, 0.6) is 0 Å². The van der Waals surface area contributed by atoms with E-state index in [1.807, 2.05) is 40.1 Å². The topological polar surface area (TPSA) is 53.5 Å². The van der Waals surface area contributed by atoms with Gasteiger partial charge in [0.1, 0.15) is 0 Å². The minimum atomic E-state index is 0.164. The monoisotopic (exact) mass is 391 g/mol. The molecule has 0 saturated carbocycles. The van der Waals surface area contributed by atoms with Gasteiger partial charge in [0.25, 0.3) is 0 Å². The largest absolute Gasteiger partial charge is 0.343 e. The first-order chi connectivity index (χ1) is 14.1. The number of carbonyl (C=O) groups is 2. The molecular formula is C24H29N3O2. The first kappa shape index (κ1) is 19.6. The maximum Gasteiger partial charge on any atom is 0.222 e. The van der Waals surface area contributed by atoms with Crippen LogP contribution in [0.1, 0.15) is 43.2 Å². The van der Waals surface area contributed by atoms with Crippen molar-refractivity contribution in [2.45, 2.75) is 45.1 Å². The molecule has 2 aliphatic rings. The minimum absolute atomic E-state index is 0.164. The molecule has 0 bridgehead atoms. The fourth-order valence-electron chi connectivity index (χ4n) is 4.65. The van der Waals surface area contributed by atoms with E-state index in [2.05, 4.69) is 17.1 Å². The Labute approximate surface area is 172 Å². The summed E-state index contributed by atoms with van der Waals surface area (Å²) in [4.78, 5) is 33.2. The van der Waals surface area contributed by atoms with Crippen LogP contribution in [0.25, 0.3) is 0 Å². The van der Waals surface area contributed by atoms with Crippen LogP contribution < -0.4 is 0 Å². The SMILES string of the molecule is O=C(CCc1ccccc1)N1CCC2(CCC(=O)N(Cc3ccncc3)C2)CC1. The Bertz CT molecular complexity index is 830. The van der Waals surface area contributed by atoms with Gasteiger partial charge in [-0.25, -0.2) is 0 Å². The van der Waals surface area contributed by atoms with Crippen LogP contribution in [-0.4, -0.2) is 46.2 Å². The summed E-state index contributed by atoms with van der Waals surface area (Å²) in [6.07, 6.45) is 8.48. The summed E-state index contributed by atoms with van der Waals surface area (Å²) < 4.78 is 0. The van der Waals surface area contributed by atoms with Crippen molar-refractivity contribution in [3.8, 4) is 0 Å². The molecule has 5 nitrogen and oxygen atoms in total. The van der Waals surface area contributed by atoms with Gasteiger partial charge in [-0.05, 0) is 54.4 Å². The van der Waals surface area contributed by atoms with Crippen LogP contribution >= 0.6 is 0 Å². The fourth-order valence-corrected chi connectivity index (χ4v) is 4.65. The number of hydrogen-bond donors (Lipinski definition) is 0. The standard InChI is InChI=1S/C24H29N3O2/c28-22(7-6-20-4-2-1-3-5-20)26-16-12-24(13-17-26)11-8-23(29)27(19-24)18-21-9-14-25-15-10-21/h1-5,9-10,14-15H,6-8,11-13,16-19H2. The van der Waals surface area contributed by atoms with Gasteiger partial charge in [-0.2, -0.15) is 0 Å². The van der Waals surface area contributed by atoms with Crippen molar-refractivity contribution >= 4 is 11.8 Å². The molecule has 152 valence electrons. The van der Waals surface area contributed by atoms with Crippen molar-refractivity contribution in [1.82, 2.24) is 14.8 Å². The van der Waals surface area contributed by atoms with Crippen LogP contribution in [0.2, 0.25) is 0 Å². The molecule has 0 N–H and O–H groups in total. The lowest BCUT2D eigenvalue weighted by molar-refractivity contribution is -0.143. The number of amides is 2. The second-order valence-corrected chi connectivity index (χ2v) is 8.47. The predicted molar refractivity (Wildman–Crippen MR) is 112 cm³/mol. The van der Waals surface area contributed by atoms with Gasteiger partial charge in [0.2, 0.25) is 11.8 Å².